The minimum atomic E-state index is -0.451. The van der Waals surface area contributed by atoms with Crippen LogP contribution in [0, 0.1) is 10.1 Å². The van der Waals surface area contributed by atoms with E-state index >= 15 is 0 Å². The maximum Gasteiger partial charge on any atom is 0.280 e. The van der Waals surface area contributed by atoms with Crippen LogP contribution in [-0.2, 0) is 9.53 Å². The van der Waals surface area contributed by atoms with E-state index in [-0.39, 0.29) is 17.7 Å². The number of carbonyl (C=O) groups is 1. The van der Waals surface area contributed by atoms with Gasteiger partial charge in [0.1, 0.15) is 15.8 Å². The quantitative estimate of drug-likeness (QED) is 0.312. The molecular weight excluding hydrogens is 400 g/mol. The molecule has 28 heavy (non-hydrogen) atoms. The maximum atomic E-state index is 12.7. The highest BCUT2D eigenvalue weighted by Crippen LogP contribution is 2.35. The zero-order chi connectivity index (χ0) is 19.7. The summed E-state index contributed by atoms with van der Waals surface area (Å²) < 4.78 is 11.8. The molecule has 7 nitrogen and oxygen atoms in total. The van der Waals surface area contributed by atoms with Gasteiger partial charge in [-0.25, -0.2) is 0 Å². The monoisotopic (exact) mass is 416 g/mol. The number of amides is 1. The third-order valence-corrected chi connectivity index (χ3v) is 5.93. The molecule has 1 aromatic heterocycles. The summed E-state index contributed by atoms with van der Waals surface area (Å²) in [5.74, 6) is 0.633. The molecule has 0 unspecified atom stereocenters. The summed E-state index contributed by atoms with van der Waals surface area (Å²) in [6.45, 7) is 1.18. The molecule has 0 N–H and O–H groups in total. The fraction of sp³-hybridized carbons (Fsp3) is 0.263. The van der Waals surface area contributed by atoms with Crippen molar-refractivity contribution in [1.29, 1.82) is 0 Å². The molecule has 0 aliphatic carbocycles. The fourth-order valence-corrected chi connectivity index (χ4v) is 4.45. The molecule has 2 aliphatic heterocycles. The van der Waals surface area contributed by atoms with Crippen LogP contribution in [0.25, 0.3) is 17.4 Å². The lowest BCUT2D eigenvalue weighted by molar-refractivity contribution is -0.384. The largest absolute Gasteiger partial charge is 0.456 e. The number of nitro groups is 1. The first kappa shape index (κ1) is 18.9. The van der Waals surface area contributed by atoms with Gasteiger partial charge in [-0.15, -0.1) is 0 Å². The number of thioether (sulfide) groups is 1. The first-order valence-electron chi connectivity index (χ1n) is 8.73. The van der Waals surface area contributed by atoms with Crippen LogP contribution in [0.15, 0.2) is 45.7 Å². The van der Waals surface area contributed by atoms with E-state index in [0.29, 0.717) is 32.9 Å². The Morgan fingerprint density at radius 3 is 2.89 bits per heavy atom. The minimum absolute atomic E-state index is 0.0238. The molecule has 2 saturated heterocycles. The molecule has 4 rings (SSSR count). The van der Waals surface area contributed by atoms with Gasteiger partial charge in [0.25, 0.3) is 11.6 Å². The zero-order valence-corrected chi connectivity index (χ0v) is 16.3. The molecule has 0 saturated carbocycles. The summed E-state index contributed by atoms with van der Waals surface area (Å²) in [5, 5.41) is 11.2. The van der Waals surface area contributed by atoms with Gasteiger partial charge < -0.3 is 9.15 Å². The van der Waals surface area contributed by atoms with E-state index < -0.39 is 4.92 Å². The Balaban J connectivity index is 1.55. The molecule has 0 radical (unpaired) electrons. The third kappa shape index (κ3) is 3.73. The SMILES string of the molecule is O=C1/C(=C\c2ccc(-c3ccccc3[N+](=O)[O-])o2)SC(=S)N1C[C@H]1CCCO1. The molecule has 3 heterocycles. The van der Waals surface area contributed by atoms with Gasteiger partial charge in [0.05, 0.1) is 28.0 Å². The normalized spacial score (nSPS) is 21.1. The number of hydrogen-bond acceptors (Lipinski definition) is 7. The average molecular weight is 416 g/mol. The van der Waals surface area contributed by atoms with E-state index in [1.807, 2.05) is 0 Å². The van der Waals surface area contributed by atoms with Crippen LogP contribution in [0.4, 0.5) is 5.69 Å². The number of nitro benzene ring substituents is 1. The number of nitrogens with zero attached hydrogens (tertiary/aromatic N) is 2. The number of carbonyl (C=O) groups excluding carboxylic acids is 1. The average Bonchev–Trinajstić information content (AvgIpc) is 3.41. The van der Waals surface area contributed by atoms with E-state index in [9.17, 15) is 14.9 Å². The van der Waals surface area contributed by atoms with E-state index in [1.165, 1.54) is 17.8 Å². The van der Waals surface area contributed by atoms with Crippen molar-refractivity contribution in [2.24, 2.45) is 0 Å². The summed E-state index contributed by atoms with van der Waals surface area (Å²) >= 11 is 6.56. The molecule has 144 valence electrons. The van der Waals surface area contributed by atoms with Crippen LogP contribution < -0.4 is 0 Å². The van der Waals surface area contributed by atoms with Crippen LogP contribution >= 0.6 is 24.0 Å². The topological polar surface area (TPSA) is 85.8 Å². The molecule has 2 fully saturated rings. The Labute approximate surface area is 170 Å². The molecule has 1 aromatic carbocycles. The van der Waals surface area contributed by atoms with Gasteiger partial charge in [0.2, 0.25) is 0 Å². The van der Waals surface area contributed by atoms with Crippen molar-refractivity contribution in [3.63, 3.8) is 0 Å². The van der Waals surface area contributed by atoms with Crippen LogP contribution in [0.3, 0.4) is 0 Å². The van der Waals surface area contributed by atoms with Crippen LogP contribution in [0.1, 0.15) is 18.6 Å². The lowest BCUT2D eigenvalue weighted by Crippen LogP contribution is -2.35. The molecule has 0 bridgehead atoms. The first-order chi connectivity index (χ1) is 13.5. The molecule has 2 aromatic rings. The molecular formula is C19H16N2O5S2. The van der Waals surface area contributed by atoms with Crippen molar-refractivity contribution < 1.29 is 18.9 Å². The fourth-order valence-electron chi connectivity index (χ4n) is 3.19. The second kappa shape index (κ2) is 7.86. The van der Waals surface area contributed by atoms with Crippen LogP contribution in [-0.4, -0.2) is 39.3 Å². The number of ether oxygens (including phenoxy) is 1. The van der Waals surface area contributed by atoms with Crippen molar-refractivity contribution in [3.8, 4) is 11.3 Å². The highest BCUT2D eigenvalue weighted by molar-refractivity contribution is 8.26. The van der Waals surface area contributed by atoms with Gasteiger partial charge in [-0.2, -0.15) is 0 Å². The first-order valence-corrected chi connectivity index (χ1v) is 9.96. The lowest BCUT2D eigenvalue weighted by atomic mass is 10.1. The minimum Gasteiger partial charge on any atom is -0.456 e. The Hall–Kier alpha value is -2.49. The number of furan rings is 1. The number of hydrogen-bond donors (Lipinski definition) is 0. The summed E-state index contributed by atoms with van der Waals surface area (Å²) in [7, 11) is 0. The van der Waals surface area contributed by atoms with Gasteiger partial charge in [-0.3, -0.25) is 19.8 Å². The predicted molar refractivity (Wildman–Crippen MR) is 110 cm³/mol. The third-order valence-electron chi connectivity index (χ3n) is 4.55. The van der Waals surface area contributed by atoms with Gasteiger partial charge in [-0.05, 0) is 31.0 Å². The number of rotatable bonds is 5. The molecule has 2 aliphatic rings. The van der Waals surface area contributed by atoms with Crippen molar-refractivity contribution in [2.75, 3.05) is 13.2 Å². The smallest absolute Gasteiger partial charge is 0.280 e. The van der Waals surface area contributed by atoms with Crippen LogP contribution in [0.5, 0.6) is 0 Å². The van der Waals surface area contributed by atoms with Crippen molar-refractivity contribution in [1.82, 2.24) is 4.90 Å². The van der Waals surface area contributed by atoms with Crippen molar-refractivity contribution >= 4 is 46.0 Å². The Kier molecular flexibility index (Phi) is 5.29. The van der Waals surface area contributed by atoms with Gasteiger partial charge >= 0.3 is 0 Å². The highest BCUT2D eigenvalue weighted by Gasteiger charge is 2.34. The van der Waals surface area contributed by atoms with E-state index in [1.54, 1.807) is 41.3 Å². The Morgan fingerprint density at radius 2 is 2.14 bits per heavy atom. The van der Waals surface area contributed by atoms with Crippen molar-refractivity contribution in [2.45, 2.75) is 18.9 Å². The zero-order valence-electron chi connectivity index (χ0n) is 14.7. The number of thiocarbonyl (C=S) groups is 1. The van der Waals surface area contributed by atoms with Crippen molar-refractivity contribution in [3.05, 3.63) is 57.2 Å². The Bertz CT molecular complexity index is 978. The van der Waals surface area contributed by atoms with Gasteiger partial charge in [0.15, 0.2) is 0 Å². The van der Waals surface area contributed by atoms with Gasteiger partial charge in [-0.1, -0.05) is 36.1 Å². The molecule has 0 spiro atoms. The summed E-state index contributed by atoms with van der Waals surface area (Å²) in [5.41, 5.74) is 0.351. The van der Waals surface area contributed by atoms with E-state index in [2.05, 4.69) is 0 Å². The van der Waals surface area contributed by atoms with E-state index in [4.69, 9.17) is 21.4 Å². The summed E-state index contributed by atoms with van der Waals surface area (Å²) in [4.78, 5) is 25.5. The highest BCUT2D eigenvalue weighted by atomic mass is 32.2. The van der Waals surface area contributed by atoms with Crippen LogP contribution in [0.2, 0.25) is 0 Å². The molecule has 9 heteroatoms. The number of benzene rings is 1. The summed E-state index contributed by atoms with van der Waals surface area (Å²) in [6.07, 6.45) is 3.56. The lowest BCUT2D eigenvalue weighted by Gasteiger charge is -2.18. The maximum absolute atomic E-state index is 12.7. The van der Waals surface area contributed by atoms with Gasteiger partial charge in [0, 0.05) is 18.7 Å². The summed E-state index contributed by atoms with van der Waals surface area (Å²) in [6, 6.07) is 9.70. The van der Waals surface area contributed by atoms with E-state index in [0.717, 1.165) is 19.4 Å². The number of para-hydroxylation sites is 1. The Morgan fingerprint density at radius 1 is 1.32 bits per heavy atom. The standard InChI is InChI=1S/C19H16N2O5S2/c22-18-17(28-19(27)20(18)11-13-4-3-9-25-13)10-12-7-8-16(26-12)14-5-1-2-6-15(14)21(23)24/h1-2,5-8,10,13H,3-4,9,11H2/b17-10+/t13-/m1/s1. The second-order valence-electron chi connectivity index (χ2n) is 6.40. The second-order valence-corrected chi connectivity index (χ2v) is 8.08. The molecule has 1 amide bonds. The molecule has 1 atom stereocenters. The predicted octanol–water partition coefficient (Wildman–Crippen LogP) is 4.24.